The molecule has 0 saturated carbocycles. The third-order valence-electron chi connectivity index (χ3n) is 1.86. The van der Waals surface area contributed by atoms with Gasteiger partial charge in [-0.25, -0.2) is 4.79 Å². The van der Waals surface area contributed by atoms with Crippen molar-refractivity contribution in [1.82, 2.24) is 5.32 Å². The molecule has 0 heterocycles. The molecule has 1 aromatic rings. The Morgan fingerprint density at radius 1 is 1.50 bits per heavy atom. The second-order valence-electron chi connectivity index (χ2n) is 3.21. The Balaban J connectivity index is 2.26. The Morgan fingerprint density at radius 3 is 3.00 bits per heavy atom. The standard InChI is InChI=1S/C11H14BrNO3/c12-10-4-1-3-9(7-10)8-16-11(15)13-5-2-6-14/h1,3-4,7,14H,2,5-6,8H2,(H,13,15). The summed E-state index contributed by atoms with van der Waals surface area (Å²) in [7, 11) is 0. The molecule has 0 aromatic heterocycles. The normalized spacial score (nSPS) is 9.88. The van der Waals surface area contributed by atoms with E-state index in [-0.39, 0.29) is 13.2 Å². The largest absolute Gasteiger partial charge is 0.445 e. The molecule has 88 valence electrons. The summed E-state index contributed by atoms with van der Waals surface area (Å²) in [5.74, 6) is 0. The highest BCUT2D eigenvalue weighted by Crippen LogP contribution is 2.12. The Kier molecular flexibility index (Phi) is 5.88. The second-order valence-corrected chi connectivity index (χ2v) is 4.13. The van der Waals surface area contributed by atoms with Crippen molar-refractivity contribution in [2.75, 3.05) is 13.2 Å². The van der Waals surface area contributed by atoms with Crippen LogP contribution in [-0.4, -0.2) is 24.4 Å². The number of halogens is 1. The molecule has 0 radical (unpaired) electrons. The van der Waals surface area contributed by atoms with Crippen molar-refractivity contribution in [1.29, 1.82) is 0 Å². The Bertz CT molecular complexity index is 344. The minimum atomic E-state index is -0.464. The van der Waals surface area contributed by atoms with Gasteiger partial charge in [-0.3, -0.25) is 0 Å². The lowest BCUT2D eigenvalue weighted by atomic mass is 10.2. The van der Waals surface area contributed by atoms with Gasteiger partial charge < -0.3 is 15.2 Å². The summed E-state index contributed by atoms with van der Waals surface area (Å²) >= 11 is 3.34. The van der Waals surface area contributed by atoms with E-state index >= 15 is 0 Å². The van der Waals surface area contributed by atoms with Gasteiger partial charge in [-0.15, -0.1) is 0 Å². The highest BCUT2D eigenvalue weighted by Gasteiger charge is 2.01. The molecule has 0 atom stereocenters. The molecular formula is C11H14BrNO3. The second kappa shape index (κ2) is 7.24. The first-order valence-electron chi connectivity index (χ1n) is 4.98. The Labute approximate surface area is 103 Å². The molecule has 1 amide bonds. The van der Waals surface area contributed by atoms with Crippen LogP contribution in [0.15, 0.2) is 28.7 Å². The van der Waals surface area contributed by atoms with E-state index in [1.807, 2.05) is 24.3 Å². The minimum Gasteiger partial charge on any atom is -0.445 e. The van der Waals surface area contributed by atoms with E-state index in [1.54, 1.807) is 0 Å². The third kappa shape index (κ3) is 5.14. The Morgan fingerprint density at radius 2 is 2.31 bits per heavy atom. The summed E-state index contributed by atoms with van der Waals surface area (Å²) < 4.78 is 5.93. The van der Waals surface area contributed by atoms with Gasteiger partial charge in [0.25, 0.3) is 0 Å². The molecule has 0 aliphatic carbocycles. The highest BCUT2D eigenvalue weighted by atomic mass is 79.9. The highest BCUT2D eigenvalue weighted by molar-refractivity contribution is 9.10. The van der Waals surface area contributed by atoms with Gasteiger partial charge in [0, 0.05) is 17.6 Å². The average Bonchev–Trinajstić information content (AvgIpc) is 2.27. The molecule has 0 fully saturated rings. The number of hydrogen-bond acceptors (Lipinski definition) is 3. The SMILES string of the molecule is O=C(NCCCO)OCc1cccc(Br)c1. The molecule has 16 heavy (non-hydrogen) atoms. The van der Waals surface area contributed by atoms with E-state index in [9.17, 15) is 4.79 Å². The number of carbonyl (C=O) groups excluding carboxylic acids is 1. The van der Waals surface area contributed by atoms with Gasteiger partial charge >= 0.3 is 6.09 Å². The first-order chi connectivity index (χ1) is 7.72. The number of rotatable bonds is 5. The lowest BCUT2D eigenvalue weighted by molar-refractivity contribution is 0.139. The number of aliphatic hydroxyl groups is 1. The van der Waals surface area contributed by atoms with E-state index in [2.05, 4.69) is 21.2 Å². The van der Waals surface area contributed by atoms with Crippen molar-refractivity contribution in [3.8, 4) is 0 Å². The molecule has 0 saturated heterocycles. The van der Waals surface area contributed by atoms with Gasteiger partial charge in [-0.05, 0) is 24.1 Å². The zero-order chi connectivity index (χ0) is 11.8. The van der Waals surface area contributed by atoms with Crippen LogP contribution in [0.3, 0.4) is 0 Å². The van der Waals surface area contributed by atoms with Gasteiger partial charge in [-0.2, -0.15) is 0 Å². The van der Waals surface area contributed by atoms with Crippen molar-refractivity contribution >= 4 is 22.0 Å². The number of nitrogens with one attached hydrogen (secondary N) is 1. The number of amides is 1. The maximum atomic E-state index is 11.1. The smallest absolute Gasteiger partial charge is 0.407 e. The fourth-order valence-electron chi connectivity index (χ4n) is 1.10. The topological polar surface area (TPSA) is 58.6 Å². The number of alkyl carbamates (subject to hydrolysis) is 1. The Hall–Kier alpha value is -1.07. The van der Waals surface area contributed by atoms with Crippen LogP contribution in [0.25, 0.3) is 0 Å². The van der Waals surface area contributed by atoms with Gasteiger partial charge in [-0.1, -0.05) is 28.1 Å². The lowest BCUT2D eigenvalue weighted by Gasteiger charge is -2.06. The van der Waals surface area contributed by atoms with Crippen LogP contribution in [0.5, 0.6) is 0 Å². The molecule has 0 unspecified atom stereocenters. The van der Waals surface area contributed by atoms with Crippen molar-refractivity contribution in [3.05, 3.63) is 34.3 Å². The van der Waals surface area contributed by atoms with Crippen LogP contribution in [0.2, 0.25) is 0 Å². The maximum Gasteiger partial charge on any atom is 0.407 e. The summed E-state index contributed by atoms with van der Waals surface area (Å²) in [5.41, 5.74) is 0.923. The van der Waals surface area contributed by atoms with E-state index in [0.717, 1.165) is 10.0 Å². The molecule has 4 nitrogen and oxygen atoms in total. The summed E-state index contributed by atoms with van der Waals surface area (Å²) in [6.07, 6.45) is 0.0693. The van der Waals surface area contributed by atoms with E-state index in [4.69, 9.17) is 9.84 Å². The number of hydrogen-bond donors (Lipinski definition) is 2. The van der Waals surface area contributed by atoms with Crippen molar-refractivity contribution in [2.24, 2.45) is 0 Å². The fourth-order valence-corrected chi connectivity index (χ4v) is 1.54. The fraction of sp³-hybridized carbons (Fsp3) is 0.364. The molecular weight excluding hydrogens is 274 g/mol. The van der Waals surface area contributed by atoms with Gasteiger partial charge in [0.15, 0.2) is 0 Å². The summed E-state index contributed by atoms with van der Waals surface area (Å²) in [5, 5.41) is 11.1. The first kappa shape index (κ1) is 13.0. The van der Waals surface area contributed by atoms with Crippen LogP contribution in [0, 0.1) is 0 Å². The first-order valence-corrected chi connectivity index (χ1v) is 5.77. The van der Waals surface area contributed by atoms with Gasteiger partial charge in [0.2, 0.25) is 0 Å². The van der Waals surface area contributed by atoms with Crippen LogP contribution in [-0.2, 0) is 11.3 Å². The quantitative estimate of drug-likeness (QED) is 0.815. The number of aliphatic hydroxyl groups excluding tert-OH is 1. The predicted molar refractivity (Wildman–Crippen MR) is 64.0 cm³/mol. The molecule has 0 aliphatic rings. The lowest BCUT2D eigenvalue weighted by Crippen LogP contribution is -2.25. The number of carbonyl (C=O) groups is 1. The van der Waals surface area contributed by atoms with Gasteiger partial charge in [0.1, 0.15) is 6.61 Å². The summed E-state index contributed by atoms with van der Waals surface area (Å²) in [4.78, 5) is 11.1. The summed E-state index contributed by atoms with van der Waals surface area (Å²) in [6, 6.07) is 7.56. The van der Waals surface area contributed by atoms with Crippen molar-refractivity contribution in [2.45, 2.75) is 13.0 Å². The van der Waals surface area contributed by atoms with Crippen LogP contribution in [0.1, 0.15) is 12.0 Å². The van der Waals surface area contributed by atoms with E-state index < -0.39 is 6.09 Å². The average molecular weight is 288 g/mol. The third-order valence-corrected chi connectivity index (χ3v) is 2.36. The molecule has 1 aromatic carbocycles. The summed E-state index contributed by atoms with van der Waals surface area (Å²) in [6.45, 7) is 0.726. The van der Waals surface area contributed by atoms with Crippen molar-refractivity contribution < 1.29 is 14.6 Å². The van der Waals surface area contributed by atoms with E-state index in [1.165, 1.54) is 0 Å². The van der Waals surface area contributed by atoms with Crippen LogP contribution in [0.4, 0.5) is 4.79 Å². The monoisotopic (exact) mass is 287 g/mol. The minimum absolute atomic E-state index is 0.0614. The molecule has 1 rings (SSSR count). The molecule has 0 spiro atoms. The van der Waals surface area contributed by atoms with Gasteiger partial charge in [0.05, 0.1) is 0 Å². The molecule has 0 aliphatic heterocycles. The number of benzene rings is 1. The van der Waals surface area contributed by atoms with Crippen molar-refractivity contribution in [3.63, 3.8) is 0 Å². The number of ether oxygens (including phenoxy) is 1. The zero-order valence-corrected chi connectivity index (χ0v) is 10.4. The maximum absolute atomic E-state index is 11.1. The van der Waals surface area contributed by atoms with Crippen LogP contribution < -0.4 is 5.32 Å². The molecule has 0 bridgehead atoms. The molecule has 5 heteroatoms. The van der Waals surface area contributed by atoms with Crippen LogP contribution >= 0.6 is 15.9 Å². The molecule has 2 N–H and O–H groups in total. The zero-order valence-electron chi connectivity index (χ0n) is 8.78. The predicted octanol–water partition coefficient (Wildman–Crippen LogP) is 2.06. The van der Waals surface area contributed by atoms with E-state index in [0.29, 0.717) is 13.0 Å².